The second-order valence-corrected chi connectivity index (χ2v) is 11.5. The third-order valence-corrected chi connectivity index (χ3v) is 8.99. The largest absolute Gasteiger partial charge is 0.482 e. The Morgan fingerprint density at radius 1 is 1.08 bits per heavy atom. The molecule has 0 heterocycles. The van der Waals surface area contributed by atoms with Crippen LogP contribution in [0.1, 0.15) is 88.7 Å². The van der Waals surface area contributed by atoms with E-state index in [-0.39, 0.29) is 36.8 Å². The number of aliphatic carboxylic acids is 1. The number of hydrogen-bond acceptors (Lipinski definition) is 6. The van der Waals surface area contributed by atoms with Crippen LogP contribution in [0.3, 0.4) is 0 Å². The Hall–Kier alpha value is -2.12. The summed E-state index contributed by atoms with van der Waals surface area (Å²) in [5.41, 5.74) is 2.35. The second kappa shape index (κ2) is 13.1. The van der Waals surface area contributed by atoms with Crippen molar-refractivity contribution < 1.29 is 34.4 Å². The Balaban J connectivity index is 1.29. The number of fused-ring (bicyclic) bond motifs is 2. The Morgan fingerprint density at radius 3 is 2.59 bits per heavy atom. The summed E-state index contributed by atoms with van der Waals surface area (Å²) in [6.07, 6.45) is 9.70. The fourth-order valence-corrected chi connectivity index (χ4v) is 6.88. The molecule has 1 aromatic rings. The molecular formula is C30H44O7. The van der Waals surface area contributed by atoms with Crippen LogP contribution in [0.25, 0.3) is 0 Å². The molecule has 2 saturated carbocycles. The third kappa shape index (κ3) is 7.26. The molecule has 0 spiro atoms. The van der Waals surface area contributed by atoms with Crippen LogP contribution in [0.5, 0.6) is 5.75 Å². The van der Waals surface area contributed by atoms with Gasteiger partial charge in [-0.15, -0.1) is 0 Å². The van der Waals surface area contributed by atoms with E-state index in [0.29, 0.717) is 43.3 Å². The number of benzene rings is 1. The van der Waals surface area contributed by atoms with E-state index in [1.807, 2.05) is 12.1 Å². The summed E-state index contributed by atoms with van der Waals surface area (Å²) in [6.45, 7) is 2.01. The second-order valence-electron chi connectivity index (χ2n) is 11.5. The molecule has 7 nitrogen and oxygen atoms in total. The molecule has 37 heavy (non-hydrogen) atoms. The van der Waals surface area contributed by atoms with Crippen LogP contribution < -0.4 is 4.74 Å². The fourth-order valence-electron chi connectivity index (χ4n) is 6.88. The van der Waals surface area contributed by atoms with Gasteiger partial charge >= 0.3 is 11.9 Å². The molecular weight excluding hydrogens is 472 g/mol. The average Bonchev–Trinajstić information content (AvgIpc) is 3.19. The first-order valence-electron chi connectivity index (χ1n) is 14.4. The molecule has 0 saturated heterocycles. The smallest absolute Gasteiger partial charge is 0.344 e. The Labute approximate surface area is 220 Å². The minimum absolute atomic E-state index is 0.162. The number of ether oxygens (including phenoxy) is 2. The zero-order valence-electron chi connectivity index (χ0n) is 22.1. The molecule has 4 rings (SSSR count). The molecule has 3 N–H and O–H groups in total. The molecule has 0 amide bonds. The van der Waals surface area contributed by atoms with E-state index in [9.17, 15) is 19.8 Å². The van der Waals surface area contributed by atoms with E-state index < -0.39 is 11.9 Å². The average molecular weight is 517 g/mol. The van der Waals surface area contributed by atoms with Crippen molar-refractivity contribution in [1.82, 2.24) is 0 Å². The van der Waals surface area contributed by atoms with Gasteiger partial charge in [0.1, 0.15) is 11.9 Å². The zero-order chi connectivity index (χ0) is 26.4. The Morgan fingerprint density at radius 2 is 1.86 bits per heavy atom. The number of rotatable bonds is 12. The molecule has 3 aliphatic carbocycles. The predicted molar refractivity (Wildman–Crippen MR) is 139 cm³/mol. The van der Waals surface area contributed by atoms with Gasteiger partial charge in [-0.1, -0.05) is 38.3 Å². The molecule has 5 atom stereocenters. The van der Waals surface area contributed by atoms with E-state index in [0.717, 1.165) is 63.4 Å². The van der Waals surface area contributed by atoms with Crippen LogP contribution in [0.4, 0.5) is 0 Å². The Kier molecular flexibility index (Phi) is 9.88. The number of aliphatic hydroxyl groups excluding tert-OH is 2. The lowest BCUT2D eigenvalue weighted by Crippen LogP contribution is -2.30. The van der Waals surface area contributed by atoms with Crippen molar-refractivity contribution in [2.45, 2.75) is 109 Å². The molecule has 0 radical (unpaired) electrons. The maximum absolute atomic E-state index is 12.4. The van der Waals surface area contributed by atoms with Gasteiger partial charge in [0.2, 0.25) is 0 Å². The number of carbonyl (C=O) groups excluding carboxylic acids is 1. The van der Waals surface area contributed by atoms with Crippen LogP contribution in [0.2, 0.25) is 0 Å². The lowest BCUT2D eigenvalue weighted by atomic mass is 9.73. The maximum atomic E-state index is 12.4. The molecule has 7 heteroatoms. The molecule has 0 bridgehead atoms. The van der Waals surface area contributed by atoms with Crippen molar-refractivity contribution in [3.63, 3.8) is 0 Å². The van der Waals surface area contributed by atoms with Crippen molar-refractivity contribution in [1.29, 1.82) is 0 Å². The number of unbranched alkanes of at least 4 members (excludes halogenated alkanes) is 2. The van der Waals surface area contributed by atoms with E-state index in [4.69, 9.17) is 14.6 Å². The van der Waals surface area contributed by atoms with Crippen molar-refractivity contribution >= 4 is 11.9 Å². The van der Waals surface area contributed by atoms with Gasteiger partial charge in [-0.3, -0.25) is 4.79 Å². The summed E-state index contributed by atoms with van der Waals surface area (Å²) < 4.78 is 11.5. The molecule has 206 valence electrons. The van der Waals surface area contributed by atoms with E-state index >= 15 is 0 Å². The van der Waals surface area contributed by atoms with Gasteiger partial charge in [0.05, 0.1) is 18.1 Å². The van der Waals surface area contributed by atoms with Gasteiger partial charge in [-0.05, 0) is 99.2 Å². The normalized spacial score (nSPS) is 29.7. The third-order valence-electron chi connectivity index (χ3n) is 8.99. The van der Waals surface area contributed by atoms with Crippen molar-refractivity contribution in [2.24, 2.45) is 23.7 Å². The SMILES string of the molecule is CCCCC[C@H](O)CC[C@@H]1[C@H]2Cc3cccc(OCC(=O)OC4CCC(C(=O)O)CC4)c3C[C@H]2C[C@H]1O. The molecule has 2 fully saturated rings. The highest BCUT2D eigenvalue weighted by Crippen LogP contribution is 2.48. The van der Waals surface area contributed by atoms with Gasteiger partial charge in [0, 0.05) is 0 Å². The summed E-state index contributed by atoms with van der Waals surface area (Å²) in [4.78, 5) is 23.5. The van der Waals surface area contributed by atoms with Crippen LogP contribution in [-0.4, -0.2) is 52.2 Å². The predicted octanol–water partition coefficient (Wildman–Crippen LogP) is 4.69. The first kappa shape index (κ1) is 27.9. The summed E-state index contributed by atoms with van der Waals surface area (Å²) >= 11 is 0. The minimum Gasteiger partial charge on any atom is -0.482 e. The van der Waals surface area contributed by atoms with Crippen molar-refractivity contribution in [3.05, 3.63) is 29.3 Å². The lowest BCUT2D eigenvalue weighted by Gasteiger charge is -2.32. The van der Waals surface area contributed by atoms with Gasteiger partial charge in [-0.2, -0.15) is 0 Å². The molecule has 0 unspecified atom stereocenters. The summed E-state index contributed by atoms with van der Waals surface area (Å²) in [5.74, 6) is 0.193. The van der Waals surface area contributed by atoms with Crippen LogP contribution in [0.15, 0.2) is 18.2 Å². The molecule has 1 aromatic carbocycles. The van der Waals surface area contributed by atoms with E-state index in [2.05, 4.69) is 13.0 Å². The molecule has 0 aliphatic heterocycles. The summed E-state index contributed by atoms with van der Waals surface area (Å²) in [6, 6.07) is 5.99. The number of carboxylic acids is 1. The van der Waals surface area contributed by atoms with E-state index in [1.165, 1.54) is 5.56 Å². The van der Waals surface area contributed by atoms with Gasteiger partial charge in [0.15, 0.2) is 6.61 Å². The maximum Gasteiger partial charge on any atom is 0.344 e. The fraction of sp³-hybridized carbons (Fsp3) is 0.733. The van der Waals surface area contributed by atoms with Crippen LogP contribution in [-0.2, 0) is 27.2 Å². The van der Waals surface area contributed by atoms with Gasteiger partial charge in [-0.25, -0.2) is 4.79 Å². The number of carbonyl (C=O) groups is 2. The number of carboxylic acid groups (broad SMARTS) is 1. The molecule has 3 aliphatic rings. The topological polar surface area (TPSA) is 113 Å². The lowest BCUT2D eigenvalue weighted by molar-refractivity contribution is -0.154. The first-order valence-corrected chi connectivity index (χ1v) is 14.4. The van der Waals surface area contributed by atoms with Crippen LogP contribution in [0, 0.1) is 23.7 Å². The molecule has 0 aromatic heterocycles. The van der Waals surface area contributed by atoms with Crippen LogP contribution >= 0.6 is 0 Å². The highest BCUT2D eigenvalue weighted by Gasteiger charge is 2.45. The summed E-state index contributed by atoms with van der Waals surface area (Å²) in [7, 11) is 0. The minimum atomic E-state index is -0.773. The Bertz CT molecular complexity index is 907. The first-order chi connectivity index (χ1) is 17.9. The summed E-state index contributed by atoms with van der Waals surface area (Å²) in [5, 5.41) is 30.4. The highest BCUT2D eigenvalue weighted by atomic mass is 16.6. The van der Waals surface area contributed by atoms with Gasteiger partial charge < -0.3 is 24.8 Å². The number of hydrogen-bond donors (Lipinski definition) is 3. The van der Waals surface area contributed by atoms with Crippen molar-refractivity contribution in [3.8, 4) is 5.75 Å². The monoisotopic (exact) mass is 516 g/mol. The highest BCUT2D eigenvalue weighted by molar-refractivity contribution is 5.72. The van der Waals surface area contributed by atoms with Gasteiger partial charge in [0.25, 0.3) is 0 Å². The zero-order valence-corrected chi connectivity index (χ0v) is 22.1. The standard InChI is InChI=1S/C30H44O7/c1-2-3-4-7-22(31)11-14-24-25-15-20-6-5-8-28(26(20)16-21(25)17-27(24)32)36-18-29(33)37-23-12-9-19(10-13-23)30(34)35/h5-6,8,19,21-25,27,31-32H,2-4,7,9-18H2,1H3,(H,34,35)/t19?,21-,22-,23?,24+,25-,27+/m0/s1. The van der Waals surface area contributed by atoms with E-state index in [1.54, 1.807) is 0 Å². The quantitative estimate of drug-likeness (QED) is 0.273. The number of aliphatic hydroxyl groups is 2. The van der Waals surface area contributed by atoms with Crippen molar-refractivity contribution in [2.75, 3.05) is 6.61 Å². The number of esters is 1.